The average molecular weight is 377 g/mol. The van der Waals surface area contributed by atoms with E-state index in [-0.39, 0.29) is 18.0 Å². The third-order valence-electron chi connectivity index (χ3n) is 4.54. The molecule has 0 spiro atoms. The van der Waals surface area contributed by atoms with E-state index in [2.05, 4.69) is 15.4 Å². The molecule has 0 atom stereocenters. The monoisotopic (exact) mass is 376 g/mol. The van der Waals surface area contributed by atoms with Gasteiger partial charge in [-0.2, -0.15) is 16.9 Å². The minimum absolute atomic E-state index is 0.0660. The number of anilines is 1. The van der Waals surface area contributed by atoms with Crippen LogP contribution < -0.4 is 10.9 Å². The van der Waals surface area contributed by atoms with E-state index >= 15 is 0 Å². The van der Waals surface area contributed by atoms with Crippen molar-refractivity contribution in [3.8, 4) is 0 Å². The van der Waals surface area contributed by atoms with Crippen LogP contribution in [-0.4, -0.2) is 26.4 Å². The highest BCUT2D eigenvalue weighted by molar-refractivity contribution is 7.98. The molecule has 1 amide bonds. The number of nitrogens with one attached hydrogen (secondary N) is 1. The zero-order valence-corrected chi connectivity index (χ0v) is 15.5. The average Bonchev–Trinajstić information content (AvgIpc) is 2.83. The van der Waals surface area contributed by atoms with Crippen LogP contribution in [0.2, 0.25) is 0 Å². The third-order valence-corrected chi connectivity index (χ3v) is 6.62. The van der Waals surface area contributed by atoms with Gasteiger partial charge in [0, 0.05) is 23.1 Å². The minimum atomic E-state index is -0.247. The van der Waals surface area contributed by atoms with Crippen molar-refractivity contribution in [2.75, 3.05) is 11.1 Å². The number of thiazole rings is 1. The molecule has 0 radical (unpaired) electrons. The molecule has 0 unspecified atom stereocenters. The van der Waals surface area contributed by atoms with Crippen LogP contribution in [0.25, 0.3) is 0 Å². The van der Waals surface area contributed by atoms with Crippen LogP contribution in [0.15, 0.2) is 10.9 Å². The van der Waals surface area contributed by atoms with Crippen molar-refractivity contribution < 1.29 is 4.79 Å². The smallest absolute Gasteiger partial charge is 0.267 e. The number of rotatable bonds is 3. The molecule has 8 heteroatoms. The Morgan fingerprint density at radius 1 is 1.20 bits per heavy atom. The molecule has 25 heavy (non-hydrogen) atoms. The number of aromatic nitrogens is 3. The lowest BCUT2D eigenvalue weighted by Crippen LogP contribution is -2.31. The Bertz CT molecular complexity index is 835. The number of hydrogen-bond acceptors (Lipinski definition) is 6. The Labute approximate surface area is 154 Å². The number of thioether (sulfide) groups is 1. The van der Waals surface area contributed by atoms with E-state index < -0.39 is 0 Å². The number of aryl methyl sites for hydroxylation is 3. The van der Waals surface area contributed by atoms with Crippen molar-refractivity contribution in [2.45, 2.75) is 50.8 Å². The molecule has 2 aromatic rings. The first-order valence-electron chi connectivity index (χ1n) is 8.65. The van der Waals surface area contributed by atoms with E-state index in [9.17, 15) is 9.59 Å². The maximum atomic E-state index is 12.3. The van der Waals surface area contributed by atoms with Crippen LogP contribution >= 0.6 is 23.1 Å². The second-order valence-corrected chi connectivity index (χ2v) is 8.60. The highest BCUT2D eigenvalue weighted by Gasteiger charge is 2.17. The maximum Gasteiger partial charge on any atom is 0.267 e. The highest BCUT2D eigenvalue weighted by atomic mass is 32.2. The largest absolute Gasteiger partial charge is 0.300 e. The lowest BCUT2D eigenvalue weighted by atomic mass is 10.2. The fourth-order valence-electron chi connectivity index (χ4n) is 3.24. The molecule has 0 saturated heterocycles. The standard InChI is InChI=1S/C17H20N4O2S2/c22-15(19-17-18-13-4-2-1-3-5-14(13)25-17)9-21-16(23)8-11-10-24-7-6-12(11)20-21/h8H,1-7,9-10H2,(H,18,19,22). The lowest BCUT2D eigenvalue weighted by Gasteiger charge is -2.15. The number of carbonyl (C=O) groups excluding carboxylic acids is 1. The van der Waals surface area contributed by atoms with Crippen molar-refractivity contribution in [3.05, 3.63) is 38.2 Å². The van der Waals surface area contributed by atoms with Crippen LogP contribution in [0.1, 0.15) is 41.1 Å². The summed E-state index contributed by atoms with van der Waals surface area (Å²) in [4.78, 5) is 30.4. The summed E-state index contributed by atoms with van der Waals surface area (Å²) >= 11 is 3.37. The van der Waals surface area contributed by atoms with Gasteiger partial charge >= 0.3 is 0 Å². The van der Waals surface area contributed by atoms with Crippen LogP contribution in [0, 0.1) is 0 Å². The molecule has 3 heterocycles. The molecular formula is C17H20N4O2S2. The van der Waals surface area contributed by atoms with Gasteiger partial charge in [0.25, 0.3) is 5.56 Å². The summed E-state index contributed by atoms with van der Waals surface area (Å²) in [6.07, 6.45) is 6.49. The molecule has 0 fully saturated rings. The fraction of sp³-hybridized carbons (Fsp3) is 0.529. The molecule has 0 saturated carbocycles. The molecule has 0 bridgehead atoms. The van der Waals surface area contributed by atoms with Gasteiger partial charge in [-0.25, -0.2) is 9.67 Å². The molecule has 1 N–H and O–H groups in total. The molecule has 6 nitrogen and oxygen atoms in total. The van der Waals surface area contributed by atoms with Crippen molar-refractivity contribution in [1.82, 2.24) is 14.8 Å². The van der Waals surface area contributed by atoms with Gasteiger partial charge in [0.2, 0.25) is 5.91 Å². The zero-order chi connectivity index (χ0) is 17.2. The second-order valence-electron chi connectivity index (χ2n) is 6.41. The number of nitrogens with zero attached hydrogens (tertiary/aromatic N) is 3. The van der Waals surface area contributed by atoms with Gasteiger partial charge in [-0.05, 0) is 37.0 Å². The van der Waals surface area contributed by atoms with E-state index in [1.807, 2.05) is 11.8 Å². The van der Waals surface area contributed by atoms with Gasteiger partial charge < -0.3 is 5.32 Å². The van der Waals surface area contributed by atoms with Crippen molar-refractivity contribution in [3.63, 3.8) is 0 Å². The molecule has 2 aromatic heterocycles. The Hall–Kier alpha value is -1.67. The molecule has 1 aliphatic carbocycles. The van der Waals surface area contributed by atoms with Gasteiger partial charge in [-0.3, -0.25) is 9.59 Å². The van der Waals surface area contributed by atoms with E-state index in [4.69, 9.17) is 0 Å². The first-order chi connectivity index (χ1) is 12.2. The van der Waals surface area contributed by atoms with Crippen LogP contribution in [0.5, 0.6) is 0 Å². The van der Waals surface area contributed by atoms with Gasteiger partial charge in [-0.1, -0.05) is 6.42 Å². The first-order valence-corrected chi connectivity index (χ1v) is 10.6. The van der Waals surface area contributed by atoms with Gasteiger partial charge in [-0.15, -0.1) is 11.3 Å². The SMILES string of the molecule is O=C(Cn1nc2c(cc1=O)CSCC2)Nc1nc2c(s1)CCCCC2. The van der Waals surface area contributed by atoms with Crippen molar-refractivity contribution in [1.29, 1.82) is 0 Å². The summed E-state index contributed by atoms with van der Waals surface area (Å²) in [5.74, 6) is 1.59. The Kier molecular flexibility index (Phi) is 4.89. The number of hydrogen-bond donors (Lipinski definition) is 1. The first kappa shape index (κ1) is 16.8. The number of amides is 1. The van der Waals surface area contributed by atoms with E-state index in [1.165, 1.54) is 22.4 Å². The minimum Gasteiger partial charge on any atom is -0.300 e. The second kappa shape index (κ2) is 7.29. The third kappa shape index (κ3) is 3.79. The van der Waals surface area contributed by atoms with Gasteiger partial charge in [0.05, 0.1) is 11.4 Å². The Balaban J connectivity index is 1.46. The normalized spacial score (nSPS) is 16.6. The van der Waals surface area contributed by atoms with Gasteiger partial charge in [0.15, 0.2) is 5.13 Å². The number of carbonyl (C=O) groups is 1. The molecule has 132 valence electrons. The van der Waals surface area contributed by atoms with Gasteiger partial charge in [0.1, 0.15) is 6.54 Å². The lowest BCUT2D eigenvalue weighted by molar-refractivity contribution is -0.117. The molecule has 4 rings (SSSR count). The summed E-state index contributed by atoms with van der Waals surface area (Å²) in [5.41, 5.74) is 2.85. The molecule has 1 aliphatic heterocycles. The van der Waals surface area contributed by atoms with E-state index in [0.29, 0.717) is 5.13 Å². The topological polar surface area (TPSA) is 76.9 Å². The summed E-state index contributed by atoms with van der Waals surface area (Å²) in [5, 5.41) is 7.86. The zero-order valence-electron chi connectivity index (χ0n) is 13.9. The predicted molar refractivity (Wildman–Crippen MR) is 100 cm³/mol. The number of fused-ring (bicyclic) bond motifs is 2. The molecule has 0 aromatic carbocycles. The Morgan fingerprint density at radius 3 is 3.00 bits per heavy atom. The van der Waals surface area contributed by atoms with Crippen LogP contribution in [0.3, 0.4) is 0 Å². The van der Waals surface area contributed by atoms with Crippen molar-refractivity contribution >= 4 is 34.1 Å². The summed E-state index contributed by atoms with van der Waals surface area (Å²) in [7, 11) is 0. The molecule has 2 aliphatic rings. The maximum absolute atomic E-state index is 12.3. The van der Waals surface area contributed by atoms with Crippen molar-refractivity contribution in [2.24, 2.45) is 0 Å². The van der Waals surface area contributed by atoms with Crippen LogP contribution in [0.4, 0.5) is 5.13 Å². The highest BCUT2D eigenvalue weighted by Crippen LogP contribution is 2.28. The van der Waals surface area contributed by atoms with Crippen LogP contribution in [-0.2, 0) is 36.4 Å². The van der Waals surface area contributed by atoms with E-state index in [0.717, 1.165) is 54.1 Å². The summed E-state index contributed by atoms with van der Waals surface area (Å²) < 4.78 is 1.27. The molecular weight excluding hydrogens is 356 g/mol. The quantitative estimate of drug-likeness (QED) is 0.833. The Morgan fingerprint density at radius 2 is 2.08 bits per heavy atom. The summed E-state index contributed by atoms with van der Waals surface area (Å²) in [6, 6.07) is 1.62. The summed E-state index contributed by atoms with van der Waals surface area (Å²) in [6.45, 7) is -0.0660. The van der Waals surface area contributed by atoms with E-state index in [1.54, 1.807) is 17.4 Å². The predicted octanol–water partition coefficient (Wildman–Crippen LogP) is 2.40. The fourth-order valence-corrected chi connectivity index (χ4v) is 5.26.